The van der Waals surface area contributed by atoms with Crippen molar-refractivity contribution in [2.24, 2.45) is 5.92 Å². The van der Waals surface area contributed by atoms with E-state index in [9.17, 15) is 0 Å². The Bertz CT molecular complexity index is 879. The van der Waals surface area contributed by atoms with Gasteiger partial charge in [-0.15, -0.1) is 0 Å². The minimum atomic E-state index is -0.0144. The molecule has 5 nitrogen and oxygen atoms in total. The van der Waals surface area contributed by atoms with Crippen LogP contribution in [0.2, 0.25) is 0 Å². The molecule has 5 rings (SSSR count). The predicted molar refractivity (Wildman–Crippen MR) is 99.0 cm³/mol. The van der Waals surface area contributed by atoms with Gasteiger partial charge >= 0.3 is 0 Å². The zero-order valence-electron chi connectivity index (χ0n) is 14.7. The molecular weight excluding hydrogens is 324 g/mol. The fraction of sp³-hybridized carbons (Fsp3) is 0.381. The summed E-state index contributed by atoms with van der Waals surface area (Å²) in [6.45, 7) is 1.94. The summed E-state index contributed by atoms with van der Waals surface area (Å²) in [5, 5.41) is 4.29. The maximum atomic E-state index is 5.80. The summed E-state index contributed by atoms with van der Waals surface area (Å²) in [4.78, 5) is 11.7. The van der Waals surface area contributed by atoms with Crippen molar-refractivity contribution >= 4 is 5.82 Å². The second-order valence-corrected chi connectivity index (χ2v) is 7.49. The predicted octanol–water partition coefficient (Wildman–Crippen LogP) is 3.61. The highest BCUT2D eigenvalue weighted by Crippen LogP contribution is 2.50. The molecule has 0 spiro atoms. The molecular formula is C21H22N4O. The second-order valence-electron chi connectivity index (χ2n) is 7.49. The molecule has 1 aliphatic heterocycles. The van der Waals surface area contributed by atoms with E-state index in [1.54, 1.807) is 0 Å². The van der Waals surface area contributed by atoms with Gasteiger partial charge in [-0.05, 0) is 36.5 Å². The molecule has 0 N–H and O–H groups in total. The molecule has 0 radical (unpaired) electrons. The van der Waals surface area contributed by atoms with E-state index in [0.29, 0.717) is 5.92 Å². The standard InChI is InChI=1S/C21H22N4O/c1-2-7-16(8-3-1)13-18-23-20(26-24-18)21-11-6-9-17(21)14-25(15-21)19-10-4-5-12-22-19/h1-5,7-8,10,12,17H,6,9,11,13-15H2/t17-,21-/m1/s1. The average molecular weight is 346 g/mol. The largest absolute Gasteiger partial charge is 0.355 e. The minimum Gasteiger partial charge on any atom is -0.355 e. The van der Waals surface area contributed by atoms with Crippen LogP contribution in [0.5, 0.6) is 0 Å². The fourth-order valence-electron chi connectivity index (χ4n) is 4.66. The molecule has 1 saturated carbocycles. The monoisotopic (exact) mass is 346 g/mol. The summed E-state index contributed by atoms with van der Waals surface area (Å²) in [7, 11) is 0. The molecule has 0 unspecified atom stereocenters. The summed E-state index contributed by atoms with van der Waals surface area (Å²) in [6.07, 6.45) is 6.15. The molecule has 2 fully saturated rings. The van der Waals surface area contributed by atoms with Crippen LogP contribution in [0.3, 0.4) is 0 Å². The van der Waals surface area contributed by atoms with Crippen LogP contribution in [0.1, 0.15) is 36.5 Å². The van der Waals surface area contributed by atoms with Crippen LogP contribution >= 0.6 is 0 Å². The summed E-state index contributed by atoms with van der Waals surface area (Å²) in [5.74, 6) is 3.21. The van der Waals surface area contributed by atoms with Gasteiger partial charge in [0.15, 0.2) is 5.82 Å². The Morgan fingerprint density at radius 1 is 1.12 bits per heavy atom. The van der Waals surface area contributed by atoms with E-state index in [-0.39, 0.29) is 5.41 Å². The average Bonchev–Trinajstić information content (AvgIpc) is 3.37. The molecule has 0 amide bonds. The number of hydrogen-bond donors (Lipinski definition) is 0. The summed E-state index contributed by atoms with van der Waals surface area (Å²) >= 11 is 0. The Morgan fingerprint density at radius 2 is 2.00 bits per heavy atom. The number of nitrogens with zero attached hydrogens (tertiary/aromatic N) is 4. The van der Waals surface area contributed by atoms with Crippen molar-refractivity contribution in [3.05, 3.63) is 72.0 Å². The van der Waals surface area contributed by atoms with E-state index in [1.807, 2.05) is 36.5 Å². The van der Waals surface area contributed by atoms with E-state index in [0.717, 1.165) is 43.5 Å². The highest BCUT2D eigenvalue weighted by molar-refractivity contribution is 5.43. The van der Waals surface area contributed by atoms with Crippen molar-refractivity contribution < 1.29 is 4.52 Å². The van der Waals surface area contributed by atoms with E-state index in [1.165, 1.54) is 18.4 Å². The lowest BCUT2D eigenvalue weighted by atomic mass is 9.80. The highest BCUT2D eigenvalue weighted by Gasteiger charge is 2.54. The Kier molecular flexibility index (Phi) is 3.73. The smallest absolute Gasteiger partial charge is 0.235 e. The molecule has 1 saturated heterocycles. The first-order valence-corrected chi connectivity index (χ1v) is 9.36. The van der Waals surface area contributed by atoms with Crippen LogP contribution in [0, 0.1) is 5.92 Å². The molecule has 2 aliphatic rings. The van der Waals surface area contributed by atoms with Crippen LogP contribution in [0.4, 0.5) is 5.82 Å². The molecule has 132 valence electrons. The van der Waals surface area contributed by atoms with Gasteiger partial charge in [0, 0.05) is 25.7 Å². The SMILES string of the molecule is c1ccc(Cc2noc([C@@]34CCC[C@@H]3CN(c3ccccn3)C4)n2)cc1. The first kappa shape index (κ1) is 15.6. The van der Waals surface area contributed by atoms with Crippen LogP contribution in [0.15, 0.2) is 59.3 Å². The highest BCUT2D eigenvalue weighted by atomic mass is 16.5. The normalized spacial score (nSPS) is 24.8. The Balaban J connectivity index is 1.41. The lowest BCUT2D eigenvalue weighted by Gasteiger charge is -2.24. The van der Waals surface area contributed by atoms with Crippen molar-refractivity contribution in [1.82, 2.24) is 15.1 Å². The molecule has 26 heavy (non-hydrogen) atoms. The number of anilines is 1. The number of hydrogen-bond acceptors (Lipinski definition) is 5. The van der Waals surface area contributed by atoms with Gasteiger partial charge in [0.1, 0.15) is 5.82 Å². The number of pyridine rings is 1. The van der Waals surface area contributed by atoms with Gasteiger partial charge in [0.05, 0.1) is 5.41 Å². The van der Waals surface area contributed by atoms with Gasteiger partial charge in [-0.2, -0.15) is 4.98 Å². The molecule has 0 bridgehead atoms. The van der Waals surface area contributed by atoms with E-state index in [2.05, 4.69) is 33.2 Å². The third-order valence-corrected chi connectivity index (χ3v) is 5.94. The van der Waals surface area contributed by atoms with Crippen molar-refractivity contribution in [3.63, 3.8) is 0 Å². The van der Waals surface area contributed by atoms with Gasteiger partial charge in [0.25, 0.3) is 0 Å². The zero-order valence-corrected chi connectivity index (χ0v) is 14.7. The quantitative estimate of drug-likeness (QED) is 0.722. The maximum absolute atomic E-state index is 5.80. The van der Waals surface area contributed by atoms with E-state index in [4.69, 9.17) is 9.51 Å². The summed E-state index contributed by atoms with van der Waals surface area (Å²) in [5.41, 5.74) is 1.20. The second kappa shape index (κ2) is 6.24. The van der Waals surface area contributed by atoms with Crippen molar-refractivity contribution in [2.75, 3.05) is 18.0 Å². The van der Waals surface area contributed by atoms with Crippen LogP contribution in [-0.2, 0) is 11.8 Å². The third kappa shape index (κ3) is 2.59. The van der Waals surface area contributed by atoms with Crippen LogP contribution < -0.4 is 4.90 Å². The molecule has 1 aliphatic carbocycles. The summed E-state index contributed by atoms with van der Waals surface area (Å²) < 4.78 is 5.80. The minimum absolute atomic E-state index is 0.0144. The Labute approximate surface area is 153 Å². The van der Waals surface area contributed by atoms with Crippen molar-refractivity contribution in [2.45, 2.75) is 31.1 Å². The molecule has 1 aromatic carbocycles. The molecule has 2 aromatic heterocycles. The first-order valence-electron chi connectivity index (χ1n) is 9.36. The molecule has 2 atom stereocenters. The molecule has 3 aromatic rings. The fourth-order valence-corrected chi connectivity index (χ4v) is 4.66. The molecule has 5 heteroatoms. The topological polar surface area (TPSA) is 55.1 Å². The maximum Gasteiger partial charge on any atom is 0.235 e. The zero-order chi connectivity index (χ0) is 17.4. The molecule has 3 heterocycles. The Morgan fingerprint density at radius 3 is 2.85 bits per heavy atom. The number of fused-ring (bicyclic) bond motifs is 1. The lowest BCUT2D eigenvalue weighted by molar-refractivity contribution is 0.265. The van der Waals surface area contributed by atoms with Gasteiger partial charge < -0.3 is 9.42 Å². The van der Waals surface area contributed by atoms with Gasteiger partial charge in [-0.3, -0.25) is 0 Å². The third-order valence-electron chi connectivity index (χ3n) is 5.94. The van der Waals surface area contributed by atoms with Crippen LogP contribution in [0.25, 0.3) is 0 Å². The lowest BCUT2D eigenvalue weighted by Crippen LogP contribution is -2.32. The van der Waals surface area contributed by atoms with Gasteiger partial charge in [-0.25, -0.2) is 4.98 Å². The van der Waals surface area contributed by atoms with Crippen molar-refractivity contribution in [1.29, 1.82) is 0 Å². The van der Waals surface area contributed by atoms with Gasteiger partial charge in [-0.1, -0.05) is 48.0 Å². The summed E-state index contributed by atoms with van der Waals surface area (Å²) in [6, 6.07) is 16.4. The van der Waals surface area contributed by atoms with Gasteiger partial charge in [0.2, 0.25) is 5.89 Å². The van der Waals surface area contributed by atoms with Crippen molar-refractivity contribution in [3.8, 4) is 0 Å². The Hall–Kier alpha value is -2.69. The number of rotatable bonds is 4. The first-order chi connectivity index (χ1) is 12.8. The van der Waals surface area contributed by atoms with Crippen LogP contribution in [-0.4, -0.2) is 28.2 Å². The van der Waals surface area contributed by atoms with E-state index >= 15 is 0 Å². The number of benzene rings is 1. The van der Waals surface area contributed by atoms with E-state index < -0.39 is 0 Å². The number of aromatic nitrogens is 3.